The van der Waals surface area contributed by atoms with E-state index in [9.17, 15) is 0 Å². The van der Waals surface area contributed by atoms with Crippen LogP contribution in [0.2, 0.25) is 10.0 Å². The molecule has 2 rings (SSSR count). The highest BCUT2D eigenvalue weighted by atomic mass is 79.9. The van der Waals surface area contributed by atoms with E-state index in [0.29, 0.717) is 10.0 Å². The molecule has 0 saturated heterocycles. The number of alkyl halides is 1. The molecule has 0 aliphatic heterocycles. The van der Waals surface area contributed by atoms with Crippen LogP contribution in [0.5, 0.6) is 5.75 Å². The summed E-state index contributed by atoms with van der Waals surface area (Å²) in [5.74, 6) is 0.818. The van der Waals surface area contributed by atoms with Crippen LogP contribution in [0.3, 0.4) is 0 Å². The molecule has 2 aromatic carbocycles. The van der Waals surface area contributed by atoms with E-state index >= 15 is 0 Å². The van der Waals surface area contributed by atoms with Crippen LogP contribution >= 0.6 is 55.1 Å². The van der Waals surface area contributed by atoms with E-state index in [1.54, 1.807) is 13.2 Å². The van der Waals surface area contributed by atoms with Gasteiger partial charge in [-0.1, -0.05) is 61.1 Å². The second-order valence-corrected chi connectivity index (χ2v) is 6.99. The number of rotatable bonds is 3. The van der Waals surface area contributed by atoms with Crippen LogP contribution in [0.25, 0.3) is 0 Å². The van der Waals surface area contributed by atoms with E-state index in [0.717, 1.165) is 26.9 Å². The van der Waals surface area contributed by atoms with Crippen molar-refractivity contribution in [2.24, 2.45) is 0 Å². The summed E-state index contributed by atoms with van der Waals surface area (Å²) in [6.45, 7) is 2.02. The molecule has 0 fully saturated rings. The highest BCUT2D eigenvalue weighted by molar-refractivity contribution is 9.10. The number of ether oxygens (including phenoxy) is 1. The molecule has 0 spiro atoms. The lowest BCUT2D eigenvalue weighted by Gasteiger charge is -2.17. The summed E-state index contributed by atoms with van der Waals surface area (Å²) in [5.41, 5.74) is 3.08. The Morgan fingerprint density at radius 1 is 1.10 bits per heavy atom. The molecule has 0 aliphatic carbocycles. The van der Waals surface area contributed by atoms with Crippen LogP contribution in [0.15, 0.2) is 34.8 Å². The second-order valence-electron chi connectivity index (χ2n) is 4.37. The molecule has 0 amide bonds. The quantitative estimate of drug-likeness (QED) is 0.493. The van der Waals surface area contributed by atoms with Crippen molar-refractivity contribution >= 4 is 55.1 Å². The van der Waals surface area contributed by atoms with Gasteiger partial charge in [-0.25, -0.2) is 0 Å². The van der Waals surface area contributed by atoms with Gasteiger partial charge in [0, 0.05) is 20.1 Å². The van der Waals surface area contributed by atoms with Gasteiger partial charge >= 0.3 is 0 Å². The van der Waals surface area contributed by atoms with Crippen LogP contribution < -0.4 is 4.74 Å². The first-order valence-corrected chi connectivity index (χ1v) is 8.33. The maximum absolute atomic E-state index is 6.27. The Labute approximate surface area is 145 Å². The minimum absolute atomic E-state index is 0.0703. The van der Waals surface area contributed by atoms with Gasteiger partial charge in [0.1, 0.15) is 5.75 Å². The topological polar surface area (TPSA) is 9.23 Å². The van der Waals surface area contributed by atoms with Crippen molar-refractivity contribution in [3.8, 4) is 5.75 Å². The maximum Gasteiger partial charge on any atom is 0.123 e. The molecule has 1 unspecified atom stereocenters. The van der Waals surface area contributed by atoms with E-state index in [2.05, 4.69) is 31.9 Å². The fourth-order valence-electron chi connectivity index (χ4n) is 1.92. The van der Waals surface area contributed by atoms with Crippen molar-refractivity contribution in [1.29, 1.82) is 0 Å². The molecule has 1 nitrogen and oxygen atoms in total. The van der Waals surface area contributed by atoms with E-state index in [1.807, 2.05) is 31.2 Å². The molecule has 0 radical (unpaired) electrons. The second kappa shape index (κ2) is 6.69. The van der Waals surface area contributed by atoms with Crippen molar-refractivity contribution < 1.29 is 4.74 Å². The lowest BCUT2D eigenvalue weighted by molar-refractivity contribution is 0.410. The fourth-order valence-corrected chi connectivity index (χ4v) is 3.69. The zero-order chi connectivity index (χ0) is 14.9. The largest absolute Gasteiger partial charge is 0.496 e. The lowest BCUT2D eigenvalue weighted by Crippen LogP contribution is -1.99. The predicted octanol–water partition coefficient (Wildman–Crippen LogP) is 6.56. The summed E-state index contributed by atoms with van der Waals surface area (Å²) < 4.78 is 6.50. The lowest BCUT2D eigenvalue weighted by atomic mass is 10.0. The summed E-state index contributed by atoms with van der Waals surface area (Å²) in [6, 6.07) is 9.52. The number of halogens is 4. The van der Waals surface area contributed by atoms with E-state index < -0.39 is 0 Å². The number of aryl methyl sites for hydroxylation is 1. The van der Waals surface area contributed by atoms with Crippen LogP contribution in [-0.2, 0) is 0 Å². The highest BCUT2D eigenvalue weighted by Crippen LogP contribution is 2.42. The van der Waals surface area contributed by atoms with Crippen molar-refractivity contribution in [3.05, 3.63) is 61.5 Å². The predicted molar refractivity (Wildman–Crippen MR) is 92.7 cm³/mol. The first-order valence-electron chi connectivity index (χ1n) is 5.87. The van der Waals surface area contributed by atoms with E-state index in [4.69, 9.17) is 27.9 Å². The summed E-state index contributed by atoms with van der Waals surface area (Å²) in [6.07, 6.45) is 0. The van der Waals surface area contributed by atoms with Crippen LogP contribution in [0.1, 0.15) is 21.5 Å². The van der Waals surface area contributed by atoms with Gasteiger partial charge in [0.05, 0.1) is 11.9 Å². The van der Waals surface area contributed by atoms with Crippen LogP contribution in [-0.4, -0.2) is 7.11 Å². The molecule has 0 saturated carbocycles. The molecular formula is C15H12Br2Cl2O. The van der Waals surface area contributed by atoms with Gasteiger partial charge in [-0.05, 0) is 42.3 Å². The van der Waals surface area contributed by atoms with Crippen molar-refractivity contribution in [3.63, 3.8) is 0 Å². The minimum atomic E-state index is -0.0703. The molecule has 1 atom stereocenters. The number of methoxy groups -OCH3 is 1. The van der Waals surface area contributed by atoms with Gasteiger partial charge in [0.2, 0.25) is 0 Å². The molecular weight excluding hydrogens is 427 g/mol. The zero-order valence-corrected chi connectivity index (χ0v) is 15.6. The first kappa shape index (κ1) is 16.2. The molecule has 0 N–H and O–H groups in total. The minimum Gasteiger partial charge on any atom is -0.496 e. The molecule has 5 heteroatoms. The average Bonchev–Trinajstić information content (AvgIpc) is 2.40. The molecule has 106 valence electrons. The third kappa shape index (κ3) is 3.33. The average molecular weight is 439 g/mol. The normalized spacial score (nSPS) is 12.3. The standard InChI is InChI=1S/C15H12Br2Cl2O/c1-8-5-14(20-2)11(7-12(8)16)15(17)10-4-3-9(18)6-13(10)19/h3-7,15H,1-2H3. The Balaban J connectivity index is 2.52. The smallest absolute Gasteiger partial charge is 0.123 e. The molecule has 0 aromatic heterocycles. The fraction of sp³-hybridized carbons (Fsp3) is 0.200. The van der Waals surface area contributed by atoms with Crippen molar-refractivity contribution in [2.45, 2.75) is 11.8 Å². The van der Waals surface area contributed by atoms with E-state index in [-0.39, 0.29) is 4.83 Å². The number of benzene rings is 2. The van der Waals surface area contributed by atoms with Gasteiger partial charge in [0.25, 0.3) is 0 Å². The van der Waals surface area contributed by atoms with Gasteiger partial charge in [-0.2, -0.15) is 0 Å². The molecule has 20 heavy (non-hydrogen) atoms. The highest BCUT2D eigenvalue weighted by Gasteiger charge is 2.19. The number of hydrogen-bond donors (Lipinski definition) is 0. The zero-order valence-electron chi connectivity index (χ0n) is 10.9. The molecule has 0 heterocycles. The molecule has 2 aromatic rings. The Kier molecular flexibility index (Phi) is 5.41. The Bertz CT molecular complexity index is 644. The van der Waals surface area contributed by atoms with Gasteiger partial charge in [0.15, 0.2) is 0 Å². The van der Waals surface area contributed by atoms with Gasteiger partial charge < -0.3 is 4.74 Å². The maximum atomic E-state index is 6.27. The monoisotopic (exact) mass is 436 g/mol. The third-order valence-electron chi connectivity index (χ3n) is 3.02. The summed E-state index contributed by atoms with van der Waals surface area (Å²) in [7, 11) is 1.66. The van der Waals surface area contributed by atoms with Crippen LogP contribution in [0.4, 0.5) is 0 Å². The molecule has 0 bridgehead atoms. The number of hydrogen-bond acceptors (Lipinski definition) is 1. The van der Waals surface area contributed by atoms with Crippen LogP contribution in [0, 0.1) is 6.92 Å². The molecule has 0 aliphatic rings. The van der Waals surface area contributed by atoms with Crippen molar-refractivity contribution in [1.82, 2.24) is 0 Å². The first-order chi connectivity index (χ1) is 9.43. The summed E-state index contributed by atoms with van der Waals surface area (Å²) >= 11 is 19.5. The third-order valence-corrected chi connectivity index (χ3v) is 5.42. The Hall–Kier alpha value is -0.220. The van der Waals surface area contributed by atoms with Crippen molar-refractivity contribution in [2.75, 3.05) is 7.11 Å². The Morgan fingerprint density at radius 3 is 2.40 bits per heavy atom. The Morgan fingerprint density at radius 2 is 1.80 bits per heavy atom. The van der Waals surface area contributed by atoms with E-state index in [1.165, 1.54) is 0 Å². The van der Waals surface area contributed by atoms with Gasteiger partial charge in [-0.3, -0.25) is 0 Å². The summed E-state index contributed by atoms with van der Waals surface area (Å²) in [5, 5.41) is 1.24. The summed E-state index contributed by atoms with van der Waals surface area (Å²) in [4.78, 5) is -0.0703. The SMILES string of the molecule is COc1cc(C)c(Br)cc1C(Br)c1ccc(Cl)cc1Cl. The van der Waals surface area contributed by atoms with Gasteiger partial charge in [-0.15, -0.1) is 0 Å².